The summed E-state index contributed by atoms with van der Waals surface area (Å²) < 4.78 is 51.3. The molecule has 0 amide bonds. The standard InChI is InChI=1S/C9H8F4O/c1-2-4-5(3-14)7(11)9(13)8(12)6(4)10/h14H,2-3H2,1H3. The van der Waals surface area contributed by atoms with E-state index in [2.05, 4.69) is 0 Å². The average molecular weight is 208 g/mol. The number of aliphatic hydroxyl groups is 1. The van der Waals surface area contributed by atoms with Gasteiger partial charge >= 0.3 is 0 Å². The van der Waals surface area contributed by atoms with E-state index in [1.165, 1.54) is 6.92 Å². The zero-order valence-electron chi connectivity index (χ0n) is 7.37. The first-order valence-corrected chi connectivity index (χ1v) is 3.99. The minimum absolute atomic E-state index is 0.0180. The van der Waals surface area contributed by atoms with Crippen LogP contribution in [0.5, 0.6) is 0 Å². The highest BCUT2D eigenvalue weighted by Gasteiger charge is 2.23. The van der Waals surface area contributed by atoms with Crippen LogP contribution in [-0.4, -0.2) is 5.11 Å². The largest absolute Gasteiger partial charge is 0.392 e. The summed E-state index contributed by atoms with van der Waals surface area (Å²) in [5.74, 6) is -6.68. The molecule has 0 spiro atoms. The van der Waals surface area contributed by atoms with Gasteiger partial charge in [0.2, 0.25) is 0 Å². The second kappa shape index (κ2) is 3.96. The summed E-state index contributed by atoms with van der Waals surface area (Å²) in [5, 5.41) is 8.67. The van der Waals surface area contributed by atoms with Gasteiger partial charge in [-0.1, -0.05) is 6.92 Å². The molecule has 78 valence electrons. The molecule has 0 saturated heterocycles. The third-order valence-electron chi connectivity index (χ3n) is 1.98. The SMILES string of the molecule is CCc1c(F)c(F)c(F)c(F)c1CO. The molecule has 0 fully saturated rings. The third-order valence-corrected chi connectivity index (χ3v) is 1.98. The van der Waals surface area contributed by atoms with Crippen molar-refractivity contribution >= 4 is 0 Å². The van der Waals surface area contributed by atoms with Gasteiger partial charge in [0, 0.05) is 5.56 Å². The normalized spacial score (nSPS) is 10.7. The number of aliphatic hydroxyl groups excluding tert-OH is 1. The van der Waals surface area contributed by atoms with Crippen LogP contribution in [-0.2, 0) is 13.0 Å². The van der Waals surface area contributed by atoms with Gasteiger partial charge in [-0.3, -0.25) is 0 Å². The second-order valence-electron chi connectivity index (χ2n) is 2.72. The molecular formula is C9H8F4O. The van der Waals surface area contributed by atoms with Crippen LogP contribution in [0.4, 0.5) is 17.6 Å². The highest BCUT2D eigenvalue weighted by molar-refractivity contribution is 5.31. The Hall–Kier alpha value is -1.10. The summed E-state index contributed by atoms with van der Waals surface area (Å²) in [6.07, 6.45) is -0.0180. The molecule has 5 heteroatoms. The molecule has 0 radical (unpaired) electrons. The van der Waals surface area contributed by atoms with Gasteiger partial charge in [-0.25, -0.2) is 17.6 Å². The molecule has 0 atom stereocenters. The Bertz CT molecular complexity index is 328. The molecular weight excluding hydrogens is 200 g/mol. The molecule has 0 aromatic heterocycles. The molecule has 1 rings (SSSR count). The van der Waals surface area contributed by atoms with Crippen LogP contribution < -0.4 is 0 Å². The van der Waals surface area contributed by atoms with Crippen LogP contribution in [0.25, 0.3) is 0 Å². The maximum Gasteiger partial charge on any atom is 0.197 e. The van der Waals surface area contributed by atoms with Crippen molar-refractivity contribution in [1.29, 1.82) is 0 Å². The number of hydrogen-bond donors (Lipinski definition) is 1. The first-order chi connectivity index (χ1) is 6.54. The first kappa shape index (κ1) is 11.0. The second-order valence-corrected chi connectivity index (χ2v) is 2.72. The van der Waals surface area contributed by atoms with Gasteiger partial charge in [0.05, 0.1) is 6.61 Å². The van der Waals surface area contributed by atoms with Crippen LogP contribution in [0.15, 0.2) is 0 Å². The van der Waals surface area contributed by atoms with Crippen LogP contribution >= 0.6 is 0 Å². The molecule has 1 aromatic carbocycles. The summed E-state index contributed by atoms with van der Waals surface area (Å²) in [4.78, 5) is 0. The fourth-order valence-corrected chi connectivity index (χ4v) is 1.26. The Labute approximate surface area is 78.0 Å². The van der Waals surface area contributed by atoms with Crippen molar-refractivity contribution in [2.24, 2.45) is 0 Å². The van der Waals surface area contributed by atoms with E-state index in [0.29, 0.717) is 0 Å². The Balaban J connectivity index is 3.57. The summed E-state index contributed by atoms with van der Waals surface area (Å²) >= 11 is 0. The molecule has 1 N–H and O–H groups in total. The molecule has 1 aromatic rings. The lowest BCUT2D eigenvalue weighted by Crippen LogP contribution is -2.08. The molecule has 0 saturated carbocycles. The van der Waals surface area contributed by atoms with Gasteiger partial charge in [0.15, 0.2) is 23.3 Å². The average Bonchev–Trinajstić information content (AvgIpc) is 2.20. The number of benzene rings is 1. The molecule has 0 aliphatic heterocycles. The first-order valence-electron chi connectivity index (χ1n) is 3.99. The van der Waals surface area contributed by atoms with Gasteiger partial charge in [0.25, 0.3) is 0 Å². The fraction of sp³-hybridized carbons (Fsp3) is 0.333. The molecule has 0 heterocycles. The van der Waals surface area contributed by atoms with Gasteiger partial charge in [-0.05, 0) is 12.0 Å². The van der Waals surface area contributed by atoms with E-state index in [-0.39, 0.29) is 12.0 Å². The lowest BCUT2D eigenvalue weighted by Gasteiger charge is -2.09. The van der Waals surface area contributed by atoms with E-state index < -0.39 is 35.4 Å². The Morgan fingerprint density at radius 3 is 1.64 bits per heavy atom. The molecule has 14 heavy (non-hydrogen) atoms. The van der Waals surface area contributed by atoms with Gasteiger partial charge in [-0.2, -0.15) is 0 Å². The summed E-state index contributed by atoms with van der Waals surface area (Å²) in [6.45, 7) is 0.595. The maximum absolute atomic E-state index is 13.0. The van der Waals surface area contributed by atoms with Crippen molar-refractivity contribution < 1.29 is 22.7 Å². The van der Waals surface area contributed by atoms with Crippen LogP contribution in [0.3, 0.4) is 0 Å². The predicted molar refractivity (Wildman–Crippen MR) is 41.6 cm³/mol. The molecule has 0 bridgehead atoms. The van der Waals surface area contributed by atoms with E-state index in [1.807, 2.05) is 0 Å². The third kappa shape index (κ3) is 1.48. The van der Waals surface area contributed by atoms with Crippen molar-refractivity contribution in [1.82, 2.24) is 0 Å². The van der Waals surface area contributed by atoms with E-state index in [1.54, 1.807) is 0 Å². The van der Waals surface area contributed by atoms with Gasteiger partial charge < -0.3 is 5.11 Å². The van der Waals surface area contributed by atoms with Crippen molar-refractivity contribution in [3.8, 4) is 0 Å². The van der Waals surface area contributed by atoms with Crippen molar-refractivity contribution in [3.05, 3.63) is 34.4 Å². The quantitative estimate of drug-likeness (QED) is 0.449. The van der Waals surface area contributed by atoms with Gasteiger partial charge in [-0.15, -0.1) is 0 Å². The maximum atomic E-state index is 13.0. The fourth-order valence-electron chi connectivity index (χ4n) is 1.26. The molecule has 0 unspecified atom stereocenters. The predicted octanol–water partition coefficient (Wildman–Crippen LogP) is 2.30. The minimum Gasteiger partial charge on any atom is -0.392 e. The van der Waals surface area contributed by atoms with E-state index in [4.69, 9.17) is 5.11 Å². The lowest BCUT2D eigenvalue weighted by molar-refractivity contribution is 0.268. The van der Waals surface area contributed by atoms with Crippen molar-refractivity contribution in [3.63, 3.8) is 0 Å². The summed E-state index contributed by atoms with van der Waals surface area (Å²) in [7, 11) is 0. The zero-order chi connectivity index (χ0) is 10.9. The number of hydrogen-bond acceptors (Lipinski definition) is 1. The van der Waals surface area contributed by atoms with E-state index in [0.717, 1.165) is 0 Å². The number of halogens is 4. The topological polar surface area (TPSA) is 20.2 Å². The Morgan fingerprint density at radius 2 is 1.29 bits per heavy atom. The molecule has 0 aliphatic carbocycles. The summed E-state index contributed by atoms with van der Waals surface area (Å²) in [5.41, 5.74) is -0.854. The lowest BCUT2D eigenvalue weighted by atomic mass is 10.0. The van der Waals surface area contributed by atoms with Crippen LogP contribution in [0.2, 0.25) is 0 Å². The smallest absolute Gasteiger partial charge is 0.197 e. The minimum atomic E-state index is -1.89. The van der Waals surface area contributed by atoms with E-state index in [9.17, 15) is 17.6 Å². The zero-order valence-corrected chi connectivity index (χ0v) is 7.37. The van der Waals surface area contributed by atoms with Crippen molar-refractivity contribution in [2.75, 3.05) is 0 Å². The van der Waals surface area contributed by atoms with E-state index >= 15 is 0 Å². The monoisotopic (exact) mass is 208 g/mol. The van der Waals surface area contributed by atoms with Crippen molar-refractivity contribution in [2.45, 2.75) is 20.0 Å². The molecule has 0 aliphatic rings. The Kier molecular flexibility index (Phi) is 3.10. The van der Waals surface area contributed by atoms with Crippen LogP contribution in [0, 0.1) is 23.3 Å². The summed E-state index contributed by atoms with van der Waals surface area (Å²) in [6, 6.07) is 0. The van der Waals surface area contributed by atoms with Gasteiger partial charge in [0.1, 0.15) is 0 Å². The van der Waals surface area contributed by atoms with Crippen LogP contribution in [0.1, 0.15) is 18.1 Å². The Morgan fingerprint density at radius 1 is 0.857 bits per heavy atom. The highest BCUT2D eigenvalue weighted by atomic mass is 19.2. The molecule has 1 nitrogen and oxygen atoms in total. The number of rotatable bonds is 2. The highest BCUT2D eigenvalue weighted by Crippen LogP contribution is 2.24.